The summed E-state index contributed by atoms with van der Waals surface area (Å²) < 4.78 is 16.7. The lowest BCUT2D eigenvalue weighted by atomic mass is 9.40. The van der Waals surface area contributed by atoms with Gasteiger partial charge in [-0.05, 0) is 56.4 Å². The van der Waals surface area contributed by atoms with Crippen molar-refractivity contribution < 1.29 is 104 Å². The van der Waals surface area contributed by atoms with Crippen LogP contribution in [0.4, 0.5) is 0 Å². The van der Waals surface area contributed by atoms with Crippen LogP contribution in [-0.4, -0.2) is 164 Å². The molecule has 0 aromatic rings. The van der Waals surface area contributed by atoms with Crippen LogP contribution in [0.25, 0.3) is 0 Å². The van der Waals surface area contributed by atoms with Crippen LogP contribution in [0.3, 0.4) is 0 Å². The van der Waals surface area contributed by atoms with Crippen LogP contribution in [0.15, 0.2) is 11.6 Å². The minimum Gasteiger partial charge on any atom is -0.458 e. The Labute approximate surface area is 282 Å². The molecule has 0 bridgehead atoms. The first kappa shape index (κ1) is 51.9. The normalized spacial score (nSPS) is 47.6. The predicted molar refractivity (Wildman–Crippen MR) is 168 cm³/mol. The van der Waals surface area contributed by atoms with Crippen LogP contribution in [-0.2, 0) is 19.0 Å². The van der Waals surface area contributed by atoms with Crippen molar-refractivity contribution in [2.24, 2.45) is 28.6 Å². The number of fused-ring (bicyclic) bond motifs is 5. The first-order chi connectivity index (χ1) is 19.2. The Morgan fingerprint density at radius 3 is 2.04 bits per heavy atom. The molecule has 1 saturated heterocycles. The molecule has 5 fully saturated rings. The van der Waals surface area contributed by atoms with Gasteiger partial charge in [-0.15, -0.1) is 0 Å². The smallest absolute Gasteiger partial charge is 0.331 e. The van der Waals surface area contributed by atoms with Crippen molar-refractivity contribution in [2.75, 3.05) is 13.2 Å². The second kappa shape index (κ2) is 17.3. The van der Waals surface area contributed by atoms with Gasteiger partial charge in [0.2, 0.25) is 0 Å². The Morgan fingerprint density at radius 1 is 0.878 bits per heavy atom. The number of aliphatic hydroxyl groups is 8. The summed E-state index contributed by atoms with van der Waals surface area (Å²) in [5.41, 5.74) is -4.46. The van der Waals surface area contributed by atoms with Crippen molar-refractivity contribution in [1.82, 2.24) is 0 Å². The molecule has 2 heterocycles. The largest absolute Gasteiger partial charge is 0.458 e. The molecule has 0 aromatic carbocycles. The van der Waals surface area contributed by atoms with E-state index in [2.05, 4.69) is 0 Å². The monoisotopic (exact) mass is 728 g/mol. The second-order valence-corrected chi connectivity index (χ2v) is 13.8. The topological polar surface area (TPSA) is 459 Å². The van der Waals surface area contributed by atoms with Crippen molar-refractivity contribution in [1.29, 1.82) is 0 Å². The number of esters is 1. The Balaban J connectivity index is -0.00000264. The molecule has 4 aliphatic carbocycles. The highest BCUT2D eigenvalue weighted by Crippen LogP contribution is 2.70. The molecule has 24 N–H and O–H groups in total. The maximum Gasteiger partial charge on any atom is 0.331 e. The third kappa shape index (κ3) is 7.02. The fourth-order valence-corrected chi connectivity index (χ4v) is 10.1. The van der Waals surface area contributed by atoms with Crippen molar-refractivity contribution in [3.05, 3.63) is 11.6 Å². The number of carbonyl (C=O) groups is 1. The van der Waals surface area contributed by atoms with Gasteiger partial charge in [-0.25, -0.2) is 4.79 Å². The molecule has 2 aliphatic heterocycles. The third-order valence-corrected chi connectivity index (χ3v) is 12.2. The van der Waals surface area contributed by atoms with E-state index >= 15 is 0 Å². The van der Waals surface area contributed by atoms with Gasteiger partial charge in [-0.3, -0.25) is 0 Å². The zero-order valence-corrected chi connectivity index (χ0v) is 27.5. The van der Waals surface area contributed by atoms with E-state index in [-0.39, 0.29) is 82.0 Å². The molecular formula is C29H60O20. The second-order valence-electron chi connectivity index (χ2n) is 13.8. The van der Waals surface area contributed by atoms with Gasteiger partial charge in [0.05, 0.1) is 47.6 Å². The van der Waals surface area contributed by atoms with E-state index in [1.807, 2.05) is 6.92 Å². The molecule has 0 aromatic heterocycles. The lowest BCUT2D eigenvalue weighted by Crippen LogP contribution is -2.76. The Hall–Kier alpha value is -1.51. The molecule has 4 saturated carbocycles. The molecule has 15 atom stereocenters. The van der Waals surface area contributed by atoms with Gasteiger partial charge in [-0.1, -0.05) is 6.92 Å². The van der Waals surface area contributed by atoms with Crippen molar-refractivity contribution in [2.45, 2.75) is 119 Å². The van der Waals surface area contributed by atoms with Gasteiger partial charge >= 0.3 is 5.97 Å². The SMILES string of the molecule is CC1OC(OC2CC(O)[C@]3(CO)[C@H]4C(O)C[C@]5(C)C(C6=CC(=O)OC6)CC[C@]5(O)[C@@H]4CC[C@]3(O)C2)C(O)C(O)C1O.O.O.O.O.O.O.O.O. The summed E-state index contributed by atoms with van der Waals surface area (Å²) >= 11 is 0. The number of cyclic esters (lactones) is 1. The van der Waals surface area contributed by atoms with Crippen LogP contribution in [0.5, 0.6) is 0 Å². The standard InChI is InChI=1S/C29H44O12.8H2O/c1-13-22(34)23(35)24(36)25(40-13)41-15-8-19(32)28(12-30)21-17(3-5-27(28,37)9-15)29(38)6-4-16(14-7-20(33)39-11-14)26(29,2)10-18(21)31;;;;;;;;/h7,13,15-19,21-25,30-32,34-38H,3-6,8-12H2,1-2H3;8*1H2/t13?,15?,16?,17-,18?,19?,21-,22?,23?,24?,25?,26-,27+,28-,29+;;;;;;;;/m1......../s1. The minimum absolute atomic E-state index is 0. The van der Waals surface area contributed by atoms with E-state index in [0.29, 0.717) is 19.3 Å². The molecule has 6 rings (SSSR count). The summed E-state index contributed by atoms with van der Waals surface area (Å²) in [4.78, 5) is 11.8. The summed E-state index contributed by atoms with van der Waals surface area (Å²) in [5.74, 6) is -1.93. The third-order valence-electron chi connectivity index (χ3n) is 12.2. The quantitative estimate of drug-likeness (QED) is 0.0988. The van der Waals surface area contributed by atoms with E-state index in [0.717, 1.165) is 5.57 Å². The number of aliphatic hydroxyl groups excluding tert-OH is 6. The van der Waals surface area contributed by atoms with E-state index in [4.69, 9.17) is 14.2 Å². The van der Waals surface area contributed by atoms with E-state index in [1.165, 1.54) is 13.0 Å². The summed E-state index contributed by atoms with van der Waals surface area (Å²) in [7, 11) is 0. The van der Waals surface area contributed by atoms with E-state index in [1.54, 1.807) is 0 Å². The van der Waals surface area contributed by atoms with E-state index < -0.39 is 95.5 Å². The van der Waals surface area contributed by atoms with Gasteiger partial charge in [-0.2, -0.15) is 0 Å². The summed E-state index contributed by atoms with van der Waals surface area (Å²) in [6, 6.07) is 0. The van der Waals surface area contributed by atoms with Crippen LogP contribution in [0.2, 0.25) is 0 Å². The first-order valence-corrected chi connectivity index (χ1v) is 14.9. The summed E-state index contributed by atoms with van der Waals surface area (Å²) in [5, 5.41) is 89.6. The highest BCUT2D eigenvalue weighted by Gasteiger charge is 2.75. The molecule has 0 amide bonds. The zero-order valence-electron chi connectivity index (χ0n) is 27.5. The molecule has 0 radical (unpaired) electrons. The number of ether oxygens (including phenoxy) is 3. The van der Waals surface area contributed by atoms with Gasteiger partial charge in [0.25, 0.3) is 0 Å². The summed E-state index contributed by atoms with van der Waals surface area (Å²) in [6.45, 7) is 3.00. The number of hydrogen-bond acceptors (Lipinski definition) is 12. The highest BCUT2D eigenvalue weighted by atomic mass is 16.7. The predicted octanol–water partition coefficient (Wildman–Crippen LogP) is -8.11. The lowest BCUT2D eigenvalue weighted by molar-refractivity contribution is -0.342. The Kier molecular flexibility index (Phi) is 18.3. The maximum atomic E-state index is 12.4. The van der Waals surface area contributed by atoms with Crippen LogP contribution < -0.4 is 0 Å². The molecule has 49 heavy (non-hydrogen) atoms. The molecule has 9 unspecified atom stereocenters. The van der Waals surface area contributed by atoms with Crippen molar-refractivity contribution >= 4 is 5.97 Å². The fraction of sp³-hybridized carbons (Fsp3) is 0.897. The maximum absolute atomic E-state index is 12.4. The van der Waals surface area contributed by atoms with Crippen LogP contribution in [0, 0.1) is 28.6 Å². The average molecular weight is 729 g/mol. The Bertz CT molecular complexity index is 1100. The van der Waals surface area contributed by atoms with Gasteiger partial charge in [0, 0.05) is 30.3 Å². The summed E-state index contributed by atoms with van der Waals surface area (Å²) in [6.07, 6.45) is -6.68. The molecular weight excluding hydrogens is 668 g/mol. The van der Waals surface area contributed by atoms with Gasteiger partial charge in [0.15, 0.2) is 6.29 Å². The first-order valence-electron chi connectivity index (χ1n) is 14.9. The number of hydrogen-bond donors (Lipinski definition) is 8. The molecule has 20 heteroatoms. The van der Waals surface area contributed by atoms with Crippen LogP contribution in [0.1, 0.15) is 58.8 Å². The molecule has 0 spiro atoms. The Morgan fingerprint density at radius 2 is 1.49 bits per heavy atom. The molecule has 296 valence electrons. The fourth-order valence-electron chi connectivity index (χ4n) is 10.1. The number of carbonyl (C=O) groups excluding carboxylic acids is 1. The van der Waals surface area contributed by atoms with Crippen molar-refractivity contribution in [3.63, 3.8) is 0 Å². The zero-order chi connectivity index (χ0) is 29.7. The van der Waals surface area contributed by atoms with Crippen molar-refractivity contribution in [3.8, 4) is 0 Å². The minimum atomic E-state index is -1.67. The average Bonchev–Trinajstić information content (AvgIpc) is 3.45. The number of rotatable bonds is 4. The lowest BCUT2D eigenvalue weighted by Gasteiger charge is -2.68. The molecule has 20 nitrogen and oxygen atoms in total. The molecule has 6 aliphatic rings. The van der Waals surface area contributed by atoms with Crippen LogP contribution >= 0.6 is 0 Å². The van der Waals surface area contributed by atoms with Gasteiger partial charge < -0.3 is 98.9 Å². The van der Waals surface area contributed by atoms with Gasteiger partial charge in [0.1, 0.15) is 24.9 Å². The highest BCUT2D eigenvalue weighted by molar-refractivity contribution is 5.85. The van der Waals surface area contributed by atoms with E-state index in [9.17, 15) is 45.6 Å².